The fourth-order valence-corrected chi connectivity index (χ4v) is 4.31. The van der Waals surface area contributed by atoms with Gasteiger partial charge in [0, 0.05) is 46.7 Å². The van der Waals surface area contributed by atoms with Gasteiger partial charge in [-0.3, -0.25) is 9.48 Å². The number of halogens is 1. The van der Waals surface area contributed by atoms with Gasteiger partial charge in [0.2, 0.25) is 0 Å². The molecule has 2 heterocycles. The molecule has 2 aliphatic rings. The Hall–Kier alpha value is -3.31. The largest absolute Gasteiger partial charge is 0.507 e. The monoisotopic (exact) mass is 403 g/mol. The van der Waals surface area contributed by atoms with Gasteiger partial charge in [-0.1, -0.05) is 35.9 Å². The van der Waals surface area contributed by atoms with Gasteiger partial charge in [0.05, 0.1) is 16.6 Å². The number of rotatable bonds is 2. The molecule has 0 amide bonds. The number of ketones is 1. The molecule has 0 saturated carbocycles. The van der Waals surface area contributed by atoms with Crippen LogP contribution >= 0.6 is 11.6 Å². The SMILES string of the molecule is Cc1c2c(C(=O)c3ccc(Cl)cc3)c3c(O)c4ccccc4c-3n(C)c2nn1C. The molecule has 6 heteroatoms. The molecule has 0 unspecified atom stereocenters. The zero-order valence-corrected chi connectivity index (χ0v) is 16.9. The predicted octanol–water partition coefficient (Wildman–Crippen LogP) is 5.07. The van der Waals surface area contributed by atoms with Crippen LogP contribution in [0.2, 0.25) is 5.02 Å². The first-order valence-electron chi connectivity index (χ1n) is 9.25. The van der Waals surface area contributed by atoms with Crippen LogP contribution in [0.5, 0.6) is 5.75 Å². The molecule has 2 aromatic carbocycles. The highest BCUT2D eigenvalue weighted by Gasteiger charge is 2.31. The minimum atomic E-state index is -0.168. The number of aryl methyl sites for hydroxylation is 3. The van der Waals surface area contributed by atoms with Gasteiger partial charge < -0.3 is 9.67 Å². The molecule has 0 radical (unpaired) electrons. The summed E-state index contributed by atoms with van der Waals surface area (Å²) in [5, 5.41) is 18.7. The maximum absolute atomic E-state index is 13.7. The number of aromatic nitrogens is 3. The van der Waals surface area contributed by atoms with Crippen LogP contribution in [0.3, 0.4) is 0 Å². The number of carbonyl (C=O) groups excluding carboxylic acids is 1. The Bertz CT molecular complexity index is 1410. The van der Waals surface area contributed by atoms with E-state index in [0.717, 1.165) is 27.5 Å². The van der Waals surface area contributed by atoms with Crippen LogP contribution in [-0.4, -0.2) is 25.2 Å². The molecule has 1 N–H and O–H groups in total. The molecule has 0 saturated heterocycles. The van der Waals surface area contributed by atoms with E-state index < -0.39 is 0 Å². The Kier molecular flexibility index (Phi) is 3.73. The van der Waals surface area contributed by atoms with Gasteiger partial charge in [-0.25, -0.2) is 0 Å². The molecule has 3 aromatic rings. The summed E-state index contributed by atoms with van der Waals surface area (Å²) in [7, 11) is 3.77. The van der Waals surface area contributed by atoms with Crippen LogP contribution in [-0.2, 0) is 14.1 Å². The molecule has 1 aliphatic heterocycles. The van der Waals surface area contributed by atoms with Gasteiger partial charge >= 0.3 is 0 Å². The van der Waals surface area contributed by atoms with Crippen molar-refractivity contribution in [2.24, 2.45) is 14.1 Å². The van der Waals surface area contributed by atoms with Crippen LogP contribution in [0, 0.1) is 6.92 Å². The van der Waals surface area contributed by atoms with E-state index >= 15 is 0 Å². The van der Waals surface area contributed by atoms with E-state index in [1.165, 1.54) is 0 Å². The Balaban J connectivity index is 2.00. The third-order valence-corrected chi connectivity index (χ3v) is 5.97. The van der Waals surface area contributed by atoms with Crippen LogP contribution in [0.1, 0.15) is 21.6 Å². The zero-order chi connectivity index (χ0) is 20.4. The second-order valence-electron chi connectivity index (χ2n) is 7.30. The second kappa shape index (κ2) is 6.09. The number of nitrogens with zero attached hydrogens (tertiary/aromatic N) is 3. The molecule has 144 valence electrons. The fraction of sp³-hybridized carbons (Fsp3) is 0.130. The molecule has 1 aliphatic carbocycles. The van der Waals surface area contributed by atoms with Crippen molar-refractivity contribution < 1.29 is 9.90 Å². The number of carbonyl (C=O) groups is 1. The van der Waals surface area contributed by atoms with Gasteiger partial charge in [-0.15, -0.1) is 0 Å². The lowest BCUT2D eigenvalue weighted by molar-refractivity contribution is 0.104. The molecule has 29 heavy (non-hydrogen) atoms. The summed E-state index contributed by atoms with van der Waals surface area (Å²) in [6, 6.07) is 14.4. The van der Waals surface area contributed by atoms with E-state index in [1.807, 2.05) is 49.9 Å². The number of fused-ring (bicyclic) bond motifs is 4. The van der Waals surface area contributed by atoms with Gasteiger partial charge in [0.1, 0.15) is 5.75 Å². The number of hydrogen-bond donors (Lipinski definition) is 1. The van der Waals surface area contributed by atoms with Crippen LogP contribution in [0.4, 0.5) is 0 Å². The van der Waals surface area contributed by atoms with E-state index in [1.54, 1.807) is 28.9 Å². The molecule has 0 fully saturated rings. The highest BCUT2D eigenvalue weighted by atomic mass is 35.5. The van der Waals surface area contributed by atoms with E-state index in [-0.39, 0.29) is 11.5 Å². The predicted molar refractivity (Wildman–Crippen MR) is 115 cm³/mol. The number of aromatic hydroxyl groups is 1. The smallest absolute Gasteiger partial charge is 0.194 e. The van der Waals surface area contributed by atoms with Crippen LogP contribution in [0.15, 0.2) is 48.5 Å². The Morgan fingerprint density at radius 1 is 1.03 bits per heavy atom. The van der Waals surface area contributed by atoms with E-state index in [0.29, 0.717) is 27.4 Å². The average Bonchev–Trinajstić information content (AvgIpc) is 3.18. The van der Waals surface area contributed by atoms with Crippen molar-refractivity contribution in [3.8, 4) is 17.0 Å². The minimum absolute atomic E-state index is 0.119. The zero-order valence-electron chi connectivity index (χ0n) is 16.2. The van der Waals surface area contributed by atoms with Gasteiger partial charge in [-0.05, 0) is 31.2 Å². The summed E-state index contributed by atoms with van der Waals surface area (Å²) < 4.78 is 3.72. The third-order valence-electron chi connectivity index (χ3n) is 5.71. The summed E-state index contributed by atoms with van der Waals surface area (Å²) in [5.41, 5.74) is 3.89. The van der Waals surface area contributed by atoms with Crippen LogP contribution in [0.25, 0.3) is 33.1 Å². The Morgan fingerprint density at radius 3 is 2.38 bits per heavy atom. The molecule has 5 rings (SSSR count). The highest BCUT2D eigenvalue weighted by molar-refractivity contribution is 6.31. The summed E-state index contributed by atoms with van der Waals surface area (Å²) in [5.74, 6) is -0.0485. The van der Waals surface area contributed by atoms with Crippen molar-refractivity contribution in [3.05, 3.63) is 70.4 Å². The van der Waals surface area contributed by atoms with Gasteiger partial charge in [0.25, 0.3) is 0 Å². The average molecular weight is 404 g/mol. The van der Waals surface area contributed by atoms with E-state index in [4.69, 9.17) is 11.6 Å². The van der Waals surface area contributed by atoms with Gasteiger partial charge in [0.15, 0.2) is 11.4 Å². The third kappa shape index (κ3) is 2.34. The van der Waals surface area contributed by atoms with Crippen molar-refractivity contribution in [2.45, 2.75) is 6.92 Å². The standard InChI is InChI=1S/C23H18ClN3O2/c1-12-17-18(21(28)13-8-10-14(24)11-9-13)19-20(26(2)23(17)25-27(12)3)15-6-4-5-7-16(15)22(19)29/h4-11,29H,1-3H3. The molecular formula is C23H18ClN3O2. The van der Waals surface area contributed by atoms with Crippen molar-refractivity contribution >= 4 is 39.2 Å². The van der Waals surface area contributed by atoms with Crippen molar-refractivity contribution in [1.82, 2.24) is 14.3 Å². The number of pyridine rings is 1. The molecular weight excluding hydrogens is 386 g/mol. The minimum Gasteiger partial charge on any atom is -0.507 e. The lowest BCUT2D eigenvalue weighted by Crippen LogP contribution is -2.09. The maximum Gasteiger partial charge on any atom is 0.194 e. The number of benzene rings is 2. The lowest BCUT2D eigenvalue weighted by Gasteiger charge is -2.16. The summed E-state index contributed by atoms with van der Waals surface area (Å²) in [6.07, 6.45) is 0. The summed E-state index contributed by atoms with van der Waals surface area (Å²) in [6.45, 7) is 1.93. The number of hydrogen-bond acceptors (Lipinski definition) is 3. The van der Waals surface area contributed by atoms with E-state index in [9.17, 15) is 9.90 Å². The first kappa shape index (κ1) is 17.8. The first-order chi connectivity index (χ1) is 13.9. The quantitative estimate of drug-likeness (QED) is 0.419. The molecule has 0 spiro atoms. The summed E-state index contributed by atoms with van der Waals surface area (Å²) in [4.78, 5) is 13.7. The van der Waals surface area contributed by atoms with Crippen LogP contribution < -0.4 is 0 Å². The Labute approximate surface area is 172 Å². The van der Waals surface area contributed by atoms with Crippen molar-refractivity contribution in [2.75, 3.05) is 0 Å². The highest BCUT2D eigenvalue weighted by Crippen LogP contribution is 2.48. The first-order valence-corrected chi connectivity index (χ1v) is 9.63. The van der Waals surface area contributed by atoms with Crippen molar-refractivity contribution in [3.63, 3.8) is 0 Å². The Morgan fingerprint density at radius 2 is 1.69 bits per heavy atom. The molecule has 0 bridgehead atoms. The lowest BCUT2D eigenvalue weighted by atomic mass is 9.93. The topological polar surface area (TPSA) is 60.0 Å². The van der Waals surface area contributed by atoms with Gasteiger partial charge in [-0.2, -0.15) is 5.10 Å². The molecule has 5 nitrogen and oxygen atoms in total. The second-order valence-corrected chi connectivity index (χ2v) is 7.73. The maximum atomic E-state index is 13.7. The molecule has 1 aromatic heterocycles. The molecule has 0 atom stereocenters. The fourth-order valence-electron chi connectivity index (χ4n) is 4.18. The van der Waals surface area contributed by atoms with E-state index in [2.05, 4.69) is 5.10 Å². The normalized spacial score (nSPS) is 11.7. The van der Waals surface area contributed by atoms with Crippen molar-refractivity contribution in [1.29, 1.82) is 0 Å². The summed E-state index contributed by atoms with van der Waals surface area (Å²) >= 11 is 6.01.